The fourth-order valence-corrected chi connectivity index (χ4v) is 2.62. The second kappa shape index (κ2) is 4.69. The van der Waals surface area contributed by atoms with Gasteiger partial charge in [-0.25, -0.2) is 0 Å². The molecule has 0 aromatic heterocycles. The fraction of sp³-hybridized carbons (Fsp3) is 0.833. The molecule has 2 aliphatic rings. The van der Waals surface area contributed by atoms with Gasteiger partial charge in [-0.3, -0.25) is 5.32 Å². The second-order valence-corrected chi connectivity index (χ2v) is 4.44. The highest BCUT2D eigenvalue weighted by atomic mass is 14.9. The van der Waals surface area contributed by atoms with Crippen LogP contribution in [-0.2, 0) is 0 Å². The summed E-state index contributed by atoms with van der Waals surface area (Å²) in [6.07, 6.45) is 15.6. The van der Waals surface area contributed by atoms with Gasteiger partial charge in [0.2, 0.25) is 0 Å². The van der Waals surface area contributed by atoms with Gasteiger partial charge < -0.3 is 0 Å². The van der Waals surface area contributed by atoms with Gasteiger partial charge in [0.15, 0.2) is 0 Å². The van der Waals surface area contributed by atoms with Crippen molar-refractivity contribution in [1.29, 1.82) is 0 Å². The van der Waals surface area contributed by atoms with Crippen molar-refractivity contribution in [2.45, 2.75) is 57.4 Å². The van der Waals surface area contributed by atoms with Crippen LogP contribution in [0.1, 0.15) is 51.4 Å². The molecule has 1 saturated carbocycles. The Bertz CT molecular complexity index is 158. The molecule has 1 unspecified atom stereocenters. The molecule has 13 heavy (non-hydrogen) atoms. The summed E-state index contributed by atoms with van der Waals surface area (Å²) in [6, 6.07) is 0.651. The van der Waals surface area contributed by atoms with E-state index in [1.54, 1.807) is 0 Å². The first-order valence-electron chi connectivity index (χ1n) is 5.82. The molecular weight excluding hydrogens is 158 g/mol. The van der Waals surface area contributed by atoms with Crippen molar-refractivity contribution in [3.63, 3.8) is 0 Å². The van der Waals surface area contributed by atoms with Gasteiger partial charge in [0.25, 0.3) is 0 Å². The molecule has 0 aromatic carbocycles. The van der Waals surface area contributed by atoms with Crippen LogP contribution in [0.15, 0.2) is 12.3 Å². The van der Waals surface area contributed by atoms with E-state index in [1.807, 2.05) is 6.20 Å². The smallest absolute Gasteiger partial charge is 0.0562 e. The van der Waals surface area contributed by atoms with E-state index in [1.165, 1.54) is 51.4 Å². The zero-order valence-electron chi connectivity index (χ0n) is 8.41. The summed E-state index contributed by atoms with van der Waals surface area (Å²) in [5.74, 6) is 0.898. The summed E-state index contributed by atoms with van der Waals surface area (Å²) in [4.78, 5) is 0. The maximum Gasteiger partial charge on any atom is 0.0562 e. The summed E-state index contributed by atoms with van der Waals surface area (Å²) in [6.45, 7) is 0. The summed E-state index contributed by atoms with van der Waals surface area (Å²) in [5, 5.41) is 4.55. The Morgan fingerprint density at radius 1 is 0.923 bits per heavy atom. The number of nitrogens with zero attached hydrogens (tertiary/aromatic N) is 1. The van der Waals surface area contributed by atoms with Crippen LogP contribution in [0.25, 0.3) is 0 Å². The van der Waals surface area contributed by atoms with Crippen molar-refractivity contribution in [2.75, 3.05) is 0 Å². The number of rotatable bonds is 1. The van der Waals surface area contributed by atoms with E-state index >= 15 is 0 Å². The Morgan fingerprint density at radius 2 is 1.62 bits per heavy atom. The van der Waals surface area contributed by atoms with Crippen LogP contribution in [0.3, 0.4) is 0 Å². The summed E-state index contributed by atoms with van der Waals surface area (Å²) < 4.78 is 0. The Morgan fingerprint density at radius 3 is 2.23 bits per heavy atom. The third-order valence-electron chi connectivity index (χ3n) is 3.45. The maximum atomic E-state index is 4.55. The van der Waals surface area contributed by atoms with Gasteiger partial charge in [-0.2, -0.15) is 0 Å². The molecule has 73 valence electrons. The molecule has 0 amide bonds. The van der Waals surface area contributed by atoms with E-state index in [2.05, 4.69) is 11.4 Å². The van der Waals surface area contributed by atoms with E-state index in [-0.39, 0.29) is 0 Å². The lowest BCUT2D eigenvalue weighted by Gasteiger charge is -2.24. The van der Waals surface area contributed by atoms with Gasteiger partial charge in [0.1, 0.15) is 0 Å². The highest BCUT2D eigenvalue weighted by Crippen LogP contribution is 2.28. The fourth-order valence-electron chi connectivity index (χ4n) is 2.62. The van der Waals surface area contributed by atoms with Crippen LogP contribution in [0.2, 0.25) is 0 Å². The monoisotopic (exact) mass is 178 g/mol. The van der Waals surface area contributed by atoms with E-state index in [0.29, 0.717) is 6.04 Å². The standard InChI is InChI=1S/C12H20N/c1-2-4-7-11(8-5-3-1)12-9-6-10-13-12/h6,10-12H,1-5,7-9H2. The van der Waals surface area contributed by atoms with Gasteiger partial charge in [-0.05, 0) is 25.2 Å². The number of hydrogen-bond acceptors (Lipinski definition) is 0. The summed E-state index contributed by atoms with van der Waals surface area (Å²) >= 11 is 0. The van der Waals surface area contributed by atoms with Crippen LogP contribution in [0, 0.1) is 5.92 Å². The van der Waals surface area contributed by atoms with E-state index in [9.17, 15) is 0 Å². The highest BCUT2D eigenvalue weighted by molar-refractivity contribution is 4.97. The summed E-state index contributed by atoms with van der Waals surface area (Å²) in [5.41, 5.74) is 0. The molecule has 0 N–H and O–H groups in total. The van der Waals surface area contributed by atoms with Gasteiger partial charge in [-0.1, -0.05) is 38.2 Å². The molecule has 1 aliphatic heterocycles. The van der Waals surface area contributed by atoms with E-state index < -0.39 is 0 Å². The largest absolute Gasteiger partial charge is 0.290 e. The van der Waals surface area contributed by atoms with E-state index in [0.717, 1.165) is 5.92 Å². The lowest BCUT2D eigenvalue weighted by atomic mass is 9.85. The second-order valence-electron chi connectivity index (χ2n) is 4.44. The Balaban J connectivity index is 1.81. The Kier molecular flexibility index (Phi) is 3.28. The lowest BCUT2D eigenvalue weighted by molar-refractivity contribution is 0.308. The minimum atomic E-state index is 0.651. The first kappa shape index (κ1) is 9.11. The van der Waals surface area contributed by atoms with Crippen LogP contribution in [0.5, 0.6) is 0 Å². The molecule has 1 fully saturated rings. The Hall–Kier alpha value is -0.460. The molecule has 0 bridgehead atoms. The lowest BCUT2D eigenvalue weighted by Crippen LogP contribution is -2.25. The SMILES string of the molecule is C1=C[N]C(C2CCCCCCC2)C1. The zero-order chi connectivity index (χ0) is 8.93. The average molecular weight is 178 g/mol. The van der Waals surface area contributed by atoms with Crippen LogP contribution in [-0.4, -0.2) is 6.04 Å². The van der Waals surface area contributed by atoms with Crippen molar-refractivity contribution in [3.8, 4) is 0 Å². The molecule has 0 saturated heterocycles. The molecule has 1 heteroatoms. The molecule has 0 aromatic rings. The molecular formula is C12H20N. The molecule has 0 spiro atoms. The predicted molar refractivity (Wildman–Crippen MR) is 55.5 cm³/mol. The highest BCUT2D eigenvalue weighted by Gasteiger charge is 2.23. The molecule has 1 radical (unpaired) electrons. The van der Waals surface area contributed by atoms with Gasteiger partial charge in [0, 0.05) is 6.20 Å². The normalized spacial score (nSPS) is 30.9. The zero-order valence-corrected chi connectivity index (χ0v) is 8.41. The molecule has 1 atom stereocenters. The van der Waals surface area contributed by atoms with Gasteiger partial charge in [-0.15, -0.1) is 0 Å². The molecule has 1 heterocycles. The van der Waals surface area contributed by atoms with Crippen LogP contribution in [0.4, 0.5) is 0 Å². The molecule has 2 rings (SSSR count). The first-order chi connectivity index (χ1) is 6.47. The third-order valence-corrected chi connectivity index (χ3v) is 3.45. The Labute approximate surface area is 81.6 Å². The van der Waals surface area contributed by atoms with E-state index in [4.69, 9.17) is 0 Å². The van der Waals surface area contributed by atoms with Crippen molar-refractivity contribution >= 4 is 0 Å². The first-order valence-corrected chi connectivity index (χ1v) is 5.82. The predicted octanol–water partition coefficient (Wildman–Crippen LogP) is 3.24. The third kappa shape index (κ3) is 2.49. The van der Waals surface area contributed by atoms with Crippen molar-refractivity contribution in [1.82, 2.24) is 5.32 Å². The van der Waals surface area contributed by atoms with Crippen molar-refractivity contribution in [3.05, 3.63) is 12.3 Å². The maximum absolute atomic E-state index is 4.55. The minimum absolute atomic E-state index is 0.651. The van der Waals surface area contributed by atoms with Crippen molar-refractivity contribution < 1.29 is 0 Å². The molecule has 1 nitrogen and oxygen atoms in total. The number of hydrogen-bond donors (Lipinski definition) is 0. The van der Waals surface area contributed by atoms with Gasteiger partial charge >= 0.3 is 0 Å². The topological polar surface area (TPSA) is 14.1 Å². The molecule has 1 aliphatic carbocycles. The van der Waals surface area contributed by atoms with Crippen LogP contribution >= 0.6 is 0 Å². The van der Waals surface area contributed by atoms with Gasteiger partial charge in [0.05, 0.1) is 6.04 Å². The quantitative estimate of drug-likeness (QED) is 0.585. The summed E-state index contributed by atoms with van der Waals surface area (Å²) in [7, 11) is 0. The van der Waals surface area contributed by atoms with Crippen molar-refractivity contribution in [2.24, 2.45) is 5.92 Å². The average Bonchev–Trinajstić information content (AvgIpc) is 2.55. The van der Waals surface area contributed by atoms with Crippen LogP contribution < -0.4 is 5.32 Å². The minimum Gasteiger partial charge on any atom is -0.290 e.